The molecule has 1 N–H and O–H groups in total. The maximum atomic E-state index is 9.84. The fourth-order valence-electron chi connectivity index (χ4n) is 2.61. The van der Waals surface area contributed by atoms with E-state index in [1.807, 2.05) is 13.8 Å². The first-order valence-corrected chi connectivity index (χ1v) is 6.71. The molecule has 0 spiro atoms. The Morgan fingerprint density at radius 3 is 2.28 bits per heavy atom. The summed E-state index contributed by atoms with van der Waals surface area (Å²) in [7, 11) is 0. The van der Waals surface area contributed by atoms with Crippen LogP contribution in [-0.2, 0) is 0 Å². The van der Waals surface area contributed by atoms with Crippen LogP contribution in [0.3, 0.4) is 0 Å². The summed E-state index contributed by atoms with van der Waals surface area (Å²) in [6, 6.07) is 8.55. The minimum absolute atomic E-state index is 0.592. The van der Waals surface area contributed by atoms with E-state index in [0.717, 1.165) is 32.7 Å². The molecule has 1 aliphatic heterocycles. The molecule has 1 aromatic carbocycles. The fourth-order valence-corrected chi connectivity index (χ4v) is 2.61. The second-order valence-electron chi connectivity index (χ2n) is 5.86. The number of anilines is 1. The van der Waals surface area contributed by atoms with Gasteiger partial charge < -0.3 is 10.0 Å². The molecular weight excluding hydrogens is 224 g/mol. The van der Waals surface area contributed by atoms with Gasteiger partial charge >= 0.3 is 0 Å². The van der Waals surface area contributed by atoms with Gasteiger partial charge in [-0.3, -0.25) is 4.90 Å². The van der Waals surface area contributed by atoms with Gasteiger partial charge in [-0.25, -0.2) is 0 Å². The fraction of sp³-hybridized carbons (Fsp3) is 0.600. The van der Waals surface area contributed by atoms with Gasteiger partial charge in [0.2, 0.25) is 0 Å². The molecule has 0 saturated carbocycles. The molecular formula is C15H24N2O. The van der Waals surface area contributed by atoms with E-state index in [9.17, 15) is 5.11 Å². The Morgan fingerprint density at radius 2 is 1.72 bits per heavy atom. The third-order valence-corrected chi connectivity index (χ3v) is 3.44. The number of nitrogens with zero attached hydrogens (tertiary/aromatic N) is 2. The minimum atomic E-state index is -0.592. The second kappa shape index (κ2) is 5.29. The van der Waals surface area contributed by atoms with E-state index in [1.54, 1.807) is 0 Å². The molecule has 18 heavy (non-hydrogen) atoms. The van der Waals surface area contributed by atoms with E-state index in [1.165, 1.54) is 11.3 Å². The molecule has 2 rings (SSSR count). The Hall–Kier alpha value is -1.06. The third-order valence-electron chi connectivity index (χ3n) is 3.44. The van der Waals surface area contributed by atoms with E-state index in [2.05, 4.69) is 41.0 Å². The van der Waals surface area contributed by atoms with Gasteiger partial charge in [-0.15, -0.1) is 0 Å². The lowest BCUT2D eigenvalue weighted by atomic mass is 10.1. The normalized spacial score (nSPS) is 18.1. The van der Waals surface area contributed by atoms with Crippen molar-refractivity contribution in [3.05, 3.63) is 29.8 Å². The van der Waals surface area contributed by atoms with Crippen molar-refractivity contribution in [2.24, 2.45) is 0 Å². The Balaban J connectivity index is 1.93. The SMILES string of the molecule is Cc1ccccc1N1CCN(CC(C)(C)O)CC1. The molecule has 1 aromatic rings. The van der Waals surface area contributed by atoms with Crippen molar-refractivity contribution in [2.45, 2.75) is 26.4 Å². The standard InChI is InChI=1S/C15H24N2O/c1-13-6-4-5-7-14(13)17-10-8-16(9-11-17)12-15(2,3)18/h4-7,18H,8-12H2,1-3H3. The summed E-state index contributed by atoms with van der Waals surface area (Å²) >= 11 is 0. The summed E-state index contributed by atoms with van der Waals surface area (Å²) in [6.45, 7) is 10.8. The van der Waals surface area contributed by atoms with E-state index < -0.39 is 5.60 Å². The second-order valence-corrected chi connectivity index (χ2v) is 5.86. The lowest BCUT2D eigenvalue weighted by Crippen LogP contribution is -2.50. The monoisotopic (exact) mass is 248 g/mol. The number of β-amino-alcohol motifs (C(OH)–C–C–N with tert-alkyl or cyclic N) is 1. The maximum absolute atomic E-state index is 9.84. The smallest absolute Gasteiger partial charge is 0.0718 e. The molecule has 3 heteroatoms. The molecule has 0 bridgehead atoms. The van der Waals surface area contributed by atoms with Crippen molar-refractivity contribution in [3.8, 4) is 0 Å². The lowest BCUT2D eigenvalue weighted by molar-refractivity contribution is 0.0345. The zero-order valence-electron chi connectivity index (χ0n) is 11.7. The Labute approximate surface area is 110 Å². The van der Waals surface area contributed by atoms with E-state index in [-0.39, 0.29) is 0 Å². The number of piperazine rings is 1. The first-order valence-electron chi connectivity index (χ1n) is 6.71. The summed E-state index contributed by atoms with van der Waals surface area (Å²) in [4.78, 5) is 4.78. The predicted molar refractivity (Wildman–Crippen MR) is 76.1 cm³/mol. The minimum Gasteiger partial charge on any atom is -0.389 e. The zero-order valence-corrected chi connectivity index (χ0v) is 11.7. The van der Waals surface area contributed by atoms with E-state index >= 15 is 0 Å². The van der Waals surface area contributed by atoms with Crippen LogP contribution in [-0.4, -0.2) is 48.3 Å². The van der Waals surface area contributed by atoms with Gasteiger partial charge in [0.1, 0.15) is 0 Å². The van der Waals surface area contributed by atoms with Crippen molar-refractivity contribution in [3.63, 3.8) is 0 Å². The number of hydrogen-bond donors (Lipinski definition) is 1. The highest BCUT2D eigenvalue weighted by molar-refractivity contribution is 5.53. The first-order chi connectivity index (χ1) is 8.46. The maximum Gasteiger partial charge on any atom is 0.0718 e. The lowest BCUT2D eigenvalue weighted by Gasteiger charge is -2.38. The number of para-hydroxylation sites is 1. The average molecular weight is 248 g/mol. The van der Waals surface area contributed by atoms with Crippen LogP contribution in [0.15, 0.2) is 24.3 Å². The van der Waals surface area contributed by atoms with Crippen molar-refractivity contribution < 1.29 is 5.11 Å². The molecule has 0 unspecified atom stereocenters. The van der Waals surface area contributed by atoms with Crippen molar-refractivity contribution in [1.29, 1.82) is 0 Å². The average Bonchev–Trinajstić information content (AvgIpc) is 2.29. The van der Waals surface area contributed by atoms with Crippen LogP contribution in [0.1, 0.15) is 19.4 Å². The van der Waals surface area contributed by atoms with Crippen LogP contribution in [0, 0.1) is 6.92 Å². The summed E-state index contributed by atoms with van der Waals surface area (Å²) in [6.07, 6.45) is 0. The zero-order chi connectivity index (χ0) is 13.2. The van der Waals surface area contributed by atoms with Crippen LogP contribution in [0.2, 0.25) is 0 Å². The van der Waals surface area contributed by atoms with Gasteiger partial charge in [0.05, 0.1) is 5.60 Å². The molecule has 0 aliphatic carbocycles. The summed E-state index contributed by atoms with van der Waals surface area (Å²) in [5, 5.41) is 9.84. The highest BCUT2D eigenvalue weighted by Crippen LogP contribution is 2.21. The number of aliphatic hydroxyl groups is 1. The molecule has 100 valence electrons. The van der Waals surface area contributed by atoms with Crippen molar-refractivity contribution >= 4 is 5.69 Å². The van der Waals surface area contributed by atoms with Gasteiger partial charge in [-0.1, -0.05) is 18.2 Å². The molecule has 1 aliphatic rings. The number of aryl methyl sites for hydroxylation is 1. The van der Waals surface area contributed by atoms with Gasteiger partial charge in [-0.05, 0) is 32.4 Å². The molecule has 3 nitrogen and oxygen atoms in total. The molecule has 0 aromatic heterocycles. The Morgan fingerprint density at radius 1 is 1.11 bits per heavy atom. The number of hydrogen-bond acceptors (Lipinski definition) is 3. The topological polar surface area (TPSA) is 26.7 Å². The third kappa shape index (κ3) is 3.47. The van der Waals surface area contributed by atoms with Crippen LogP contribution in [0.5, 0.6) is 0 Å². The highest BCUT2D eigenvalue weighted by atomic mass is 16.3. The highest BCUT2D eigenvalue weighted by Gasteiger charge is 2.23. The van der Waals surface area contributed by atoms with E-state index in [0.29, 0.717) is 0 Å². The van der Waals surface area contributed by atoms with Crippen molar-refractivity contribution in [1.82, 2.24) is 4.90 Å². The van der Waals surface area contributed by atoms with Gasteiger partial charge in [0.25, 0.3) is 0 Å². The van der Waals surface area contributed by atoms with Crippen LogP contribution in [0.4, 0.5) is 5.69 Å². The number of rotatable bonds is 3. The predicted octanol–water partition coefficient (Wildman–Crippen LogP) is 1.89. The largest absolute Gasteiger partial charge is 0.389 e. The van der Waals surface area contributed by atoms with E-state index in [4.69, 9.17) is 0 Å². The molecule has 1 saturated heterocycles. The van der Waals surface area contributed by atoms with Crippen LogP contribution >= 0.6 is 0 Å². The quantitative estimate of drug-likeness (QED) is 0.885. The molecule has 1 heterocycles. The molecule has 0 amide bonds. The Kier molecular flexibility index (Phi) is 3.93. The molecule has 0 radical (unpaired) electrons. The molecule has 1 fully saturated rings. The van der Waals surface area contributed by atoms with Gasteiger partial charge in [0, 0.05) is 38.4 Å². The Bertz CT molecular complexity index is 390. The van der Waals surface area contributed by atoms with Crippen molar-refractivity contribution in [2.75, 3.05) is 37.6 Å². The first kappa shape index (κ1) is 13.4. The van der Waals surface area contributed by atoms with Crippen LogP contribution < -0.4 is 4.90 Å². The van der Waals surface area contributed by atoms with Gasteiger partial charge in [0.15, 0.2) is 0 Å². The van der Waals surface area contributed by atoms with Gasteiger partial charge in [-0.2, -0.15) is 0 Å². The molecule has 0 atom stereocenters. The summed E-state index contributed by atoms with van der Waals surface area (Å²) in [5.74, 6) is 0. The van der Waals surface area contributed by atoms with Crippen LogP contribution in [0.25, 0.3) is 0 Å². The summed E-state index contributed by atoms with van der Waals surface area (Å²) < 4.78 is 0. The summed E-state index contributed by atoms with van der Waals surface area (Å²) in [5.41, 5.74) is 2.10. The number of benzene rings is 1.